The zero-order valence-electron chi connectivity index (χ0n) is 10.6. The number of carbonyl (C=O) groups is 2. The molecule has 2 rings (SSSR count). The number of halogens is 1. The van der Waals surface area contributed by atoms with Crippen LogP contribution >= 0.6 is 0 Å². The molecule has 0 fully saturated rings. The van der Waals surface area contributed by atoms with Crippen molar-refractivity contribution in [2.45, 2.75) is 6.92 Å². The summed E-state index contributed by atoms with van der Waals surface area (Å²) >= 11 is 0. The SMILES string of the molecule is CC(=O)c1ccc(Oc2cccc(C(=O)O)c2)c(F)c1. The van der Waals surface area contributed by atoms with Gasteiger partial charge in [-0.3, -0.25) is 4.79 Å². The lowest BCUT2D eigenvalue weighted by Crippen LogP contribution is -1.97. The second kappa shape index (κ2) is 5.52. The van der Waals surface area contributed by atoms with Crippen LogP contribution in [0.5, 0.6) is 11.5 Å². The van der Waals surface area contributed by atoms with Crippen molar-refractivity contribution in [3.05, 3.63) is 59.4 Å². The molecule has 0 heterocycles. The van der Waals surface area contributed by atoms with Crippen molar-refractivity contribution in [1.29, 1.82) is 0 Å². The number of aromatic carboxylic acids is 1. The first-order valence-corrected chi connectivity index (χ1v) is 5.79. The van der Waals surface area contributed by atoms with Crippen LogP contribution in [-0.2, 0) is 0 Å². The molecule has 0 bridgehead atoms. The van der Waals surface area contributed by atoms with Crippen molar-refractivity contribution < 1.29 is 23.8 Å². The molecule has 0 saturated heterocycles. The van der Waals surface area contributed by atoms with E-state index >= 15 is 0 Å². The highest BCUT2D eigenvalue weighted by atomic mass is 19.1. The van der Waals surface area contributed by atoms with Gasteiger partial charge in [-0.25, -0.2) is 9.18 Å². The summed E-state index contributed by atoms with van der Waals surface area (Å²) in [5.41, 5.74) is 0.289. The van der Waals surface area contributed by atoms with Gasteiger partial charge in [-0.1, -0.05) is 6.07 Å². The zero-order valence-corrected chi connectivity index (χ0v) is 10.6. The predicted octanol–water partition coefficient (Wildman–Crippen LogP) is 3.52. The molecule has 1 N–H and O–H groups in total. The van der Waals surface area contributed by atoms with Crippen LogP contribution in [0.3, 0.4) is 0 Å². The van der Waals surface area contributed by atoms with Crippen molar-refractivity contribution in [2.75, 3.05) is 0 Å². The molecule has 102 valence electrons. The van der Waals surface area contributed by atoms with Crippen molar-refractivity contribution in [3.63, 3.8) is 0 Å². The number of benzene rings is 2. The number of rotatable bonds is 4. The predicted molar refractivity (Wildman–Crippen MR) is 69.9 cm³/mol. The Balaban J connectivity index is 2.28. The lowest BCUT2D eigenvalue weighted by molar-refractivity contribution is 0.0696. The van der Waals surface area contributed by atoms with E-state index < -0.39 is 11.8 Å². The minimum atomic E-state index is -1.09. The van der Waals surface area contributed by atoms with Gasteiger partial charge >= 0.3 is 5.97 Å². The number of hydrogen-bond acceptors (Lipinski definition) is 3. The normalized spacial score (nSPS) is 10.1. The smallest absolute Gasteiger partial charge is 0.335 e. The maximum Gasteiger partial charge on any atom is 0.335 e. The Bertz CT molecular complexity index is 679. The van der Waals surface area contributed by atoms with Gasteiger partial charge in [0.2, 0.25) is 0 Å². The number of Topliss-reactive ketones (excluding diaryl/α,β-unsaturated/α-hetero) is 1. The Labute approximate surface area is 114 Å². The first-order valence-electron chi connectivity index (χ1n) is 5.79. The standard InChI is InChI=1S/C15H11FO4/c1-9(17)10-5-6-14(13(16)8-10)20-12-4-2-3-11(7-12)15(18)19/h2-8H,1H3,(H,18,19). The fourth-order valence-corrected chi connectivity index (χ4v) is 1.62. The first-order chi connectivity index (χ1) is 9.47. The van der Waals surface area contributed by atoms with E-state index in [1.807, 2.05) is 0 Å². The Hall–Kier alpha value is -2.69. The Morgan fingerprint density at radius 2 is 1.85 bits per heavy atom. The highest BCUT2D eigenvalue weighted by Gasteiger charge is 2.10. The van der Waals surface area contributed by atoms with Crippen LogP contribution in [0.4, 0.5) is 4.39 Å². The van der Waals surface area contributed by atoms with Crippen LogP contribution in [0.1, 0.15) is 27.6 Å². The number of carbonyl (C=O) groups excluding carboxylic acids is 1. The van der Waals surface area contributed by atoms with Gasteiger partial charge in [0.05, 0.1) is 5.56 Å². The van der Waals surface area contributed by atoms with Gasteiger partial charge in [-0.15, -0.1) is 0 Å². The van der Waals surface area contributed by atoms with Gasteiger partial charge in [0, 0.05) is 5.56 Å². The van der Waals surface area contributed by atoms with Crippen LogP contribution in [0, 0.1) is 5.82 Å². The highest BCUT2D eigenvalue weighted by molar-refractivity contribution is 5.94. The summed E-state index contributed by atoms with van der Waals surface area (Å²) in [5.74, 6) is -1.89. The quantitative estimate of drug-likeness (QED) is 0.866. The molecule has 0 radical (unpaired) electrons. The molecule has 4 nitrogen and oxygen atoms in total. The molecule has 0 aliphatic carbocycles. The van der Waals surface area contributed by atoms with Crippen molar-refractivity contribution in [3.8, 4) is 11.5 Å². The Kier molecular flexibility index (Phi) is 3.79. The minimum Gasteiger partial charge on any atom is -0.478 e. The summed E-state index contributed by atoms with van der Waals surface area (Å²) in [6.45, 7) is 1.34. The summed E-state index contributed by atoms with van der Waals surface area (Å²) < 4.78 is 19.0. The van der Waals surface area contributed by atoms with E-state index in [4.69, 9.17) is 9.84 Å². The van der Waals surface area contributed by atoms with Crippen molar-refractivity contribution in [1.82, 2.24) is 0 Å². The van der Waals surface area contributed by atoms with Crippen LogP contribution in [0.15, 0.2) is 42.5 Å². The second-order valence-corrected chi connectivity index (χ2v) is 4.14. The summed E-state index contributed by atoms with van der Waals surface area (Å²) in [7, 11) is 0. The monoisotopic (exact) mass is 274 g/mol. The molecule has 0 aromatic heterocycles. The number of ether oxygens (including phenoxy) is 1. The molecule has 0 saturated carbocycles. The Morgan fingerprint density at radius 3 is 2.45 bits per heavy atom. The maximum atomic E-state index is 13.8. The third-order valence-electron chi connectivity index (χ3n) is 2.65. The number of carboxylic acids is 1. The third-order valence-corrected chi connectivity index (χ3v) is 2.65. The molecule has 5 heteroatoms. The maximum absolute atomic E-state index is 13.8. The summed E-state index contributed by atoms with van der Waals surface area (Å²) in [6, 6.07) is 9.58. The third kappa shape index (κ3) is 3.00. The van der Waals surface area contributed by atoms with E-state index in [1.54, 1.807) is 0 Å². The molecule has 0 aliphatic rings. The van der Waals surface area contributed by atoms with E-state index in [0.717, 1.165) is 6.07 Å². The van der Waals surface area contributed by atoms with E-state index in [2.05, 4.69) is 0 Å². The molecular weight excluding hydrogens is 263 g/mol. The van der Waals surface area contributed by atoms with Gasteiger partial charge in [-0.05, 0) is 43.3 Å². The first kappa shape index (κ1) is 13.7. The molecule has 2 aromatic carbocycles. The zero-order chi connectivity index (χ0) is 14.7. The van der Waals surface area contributed by atoms with Crippen molar-refractivity contribution in [2.24, 2.45) is 0 Å². The summed E-state index contributed by atoms with van der Waals surface area (Å²) in [6.07, 6.45) is 0. The molecule has 20 heavy (non-hydrogen) atoms. The summed E-state index contributed by atoms with van der Waals surface area (Å²) in [5, 5.41) is 8.86. The van der Waals surface area contributed by atoms with E-state index in [9.17, 15) is 14.0 Å². The topological polar surface area (TPSA) is 63.6 Å². The van der Waals surface area contributed by atoms with E-state index in [1.165, 1.54) is 43.3 Å². The average Bonchev–Trinajstić information content (AvgIpc) is 2.41. The van der Waals surface area contributed by atoms with Gasteiger partial charge < -0.3 is 9.84 Å². The second-order valence-electron chi connectivity index (χ2n) is 4.14. The van der Waals surface area contributed by atoms with E-state index in [0.29, 0.717) is 0 Å². The molecule has 2 aromatic rings. The van der Waals surface area contributed by atoms with Crippen LogP contribution < -0.4 is 4.74 Å². The van der Waals surface area contributed by atoms with E-state index in [-0.39, 0.29) is 28.4 Å². The van der Waals surface area contributed by atoms with Gasteiger partial charge in [-0.2, -0.15) is 0 Å². The van der Waals surface area contributed by atoms with Crippen LogP contribution in [-0.4, -0.2) is 16.9 Å². The van der Waals surface area contributed by atoms with Gasteiger partial charge in [0.15, 0.2) is 17.3 Å². The number of ketones is 1. The lowest BCUT2D eigenvalue weighted by atomic mass is 10.1. The summed E-state index contributed by atoms with van der Waals surface area (Å²) in [4.78, 5) is 21.9. The average molecular weight is 274 g/mol. The molecule has 0 amide bonds. The largest absolute Gasteiger partial charge is 0.478 e. The number of carboxylic acid groups (broad SMARTS) is 1. The lowest BCUT2D eigenvalue weighted by Gasteiger charge is -2.08. The molecule has 0 atom stereocenters. The van der Waals surface area contributed by atoms with Crippen LogP contribution in [0.25, 0.3) is 0 Å². The minimum absolute atomic E-state index is 0.0447. The molecule has 0 aliphatic heterocycles. The molecule has 0 unspecified atom stereocenters. The molecule has 0 spiro atoms. The fourth-order valence-electron chi connectivity index (χ4n) is 1.62. The number of hydrogen-bond donors (Lipinski definition) is 1. The van der Waals surface area contributed by atoms with Crippen molar-refractivity contribution >= 4 is 11.8 Å². The van der Waals surface area contributed by atoms with Gasteiger partial charge in [0.25, 0.3) is 0 Å². The van der Waals surface area contributed by atoms with Gasteiger partial charge in [0.1, 0.15) is 5.75 Å². The molecular formula is C15H11FO4. The Morgan fingerprint density at radius 1 is 1.10 bits per heavy atom. The van der Waals surface area contributed by atoms with Crippen LogP contribution in [0.2, 0.25) is 0 Å². The fraction of sp³-hybridized carbons (Fsp3) is 0.0667. The highest BCUT2D eigenvalue weighted by Crippen LogP contribution is 2.26.